The fourth-order valence-electron chi connectivity index (χ4n) is 1.70. The number of hydrogen-bond donors (Lipinski definition) is 0. The predicted molar refractivity (Wildman–Crippen MR) is 63.6 cm³/mol. The Labute approximate surface area is 108 Å². The van der Waals surface area contributed by atoms with Crippen molar-refractivity contribution < 1.29 is 23.7 Å². The van der Waals surface area contributed by atoms with Gasteiger partial charge >= 0.3 is 0 Å². The average molecular weight is 258 g/mol. The van der Waals surface area contributed by atoms with Crippen LogP contribution in [0.1, 0.15) is 12.8 Å². The quantitative estimate of drug-likeness (QED) is 0.508. The number of ether oxygens (including phenoxy) is 5. The minimum atomic E-state index is 0.0201. The van der Waals surface area contributed by atoms with Gasteiger partial charge in [0.1, 0.15) is 18.3 Å². The molecular weight excluding hydrogens is 236 g/mol. The normalized spacial score (nSPS) is 31.3. The lowest BCUT2D eigenvalue weighted by Crippen LogP contribution is -2.28. The summed E-state index contributed by atoms with van der Waals surface area (Å²) < 4.78 is 27.2. The van der Waals surface area contributed by atoms with Crippen LogP contribution in [0, 0.1) is 5.92 Å². The molecule has 3 unspecified atom stereocenters. The molecule has 0 aromatic carbocycles. The van der Waals surface area contributed by atoms with E-state index in [0.29, 0.717) is 38.6 Å². The molecule has 1 aliphatic carbocycles. The van der Waals surface area contributed by atoms with Crippen LogP contribution in [0.25, 0.3) is 0 Å². The lowest BCUT2D eigenvalue weighted by Gasteiger charge is -2.17. The van der Waals surface area contributed by atoms with Crippen LogP contribution in [0.5, 0.6) is 0 Å². The highest BCUT2D eigenvalue weighted by Crippen LogP contribution is 2.28. The Hall–Kier alpha value is -0.200. The van der Waals surface area contributed by atoms with Crippen LogP contribution in [-0.4, -0.2) is 64.6 Å². The molecule has 5 nitrogen and oxygen atoms in total. The standard InChI is InChI=1S/C13H22O5/c1-2-10(1)3-14-4-11(16-8-13-9-18-13)5-15-6-12-7-17-12/h10-13H,1-9H2. The van der Waals surface area contributed by atoms with Crippen molar-refractivity contribution in [3.8, 4) is 0 Å². The molecule has 2 saturated heterocycles. The highest BCUT2D eigenvalue weighted by molar-refractivity contribution is 4.73. The van der Waals surface area contributed by atoms with E-state index in [1.54, 1.807) is 0 Å². The SMILES string of the molecule is C1CC1COCC(COCC1CO1)OCC1CO1. The molecule has 2 heterocycles. The van der Waals surface area contributed by atoms with Crippen molar-refractivity contribution in [1.29, 1.82) is 0 Å². The van der Waals surface area contributed by atoms with Gasteiger partial charge in [-0.25, -0.2) is 0 Å². The summed E-state index contributed by atoms with van der Waals surface area (Å²) in [5.74, 6) is 0.790. The molecule has 1 saturated carbocycles. The van der Waals surface area contributed by atoms with Gasteiger partial charge in [-0.3, -0.25) is 0 Å². The maximum atomic E-state index is 5.75. The van der Waals surface area contributed by atoms with E-state index in [9.17, 15) is 0 Å². The van der Waals surface area contributed by atoms with E-state index in [2.05, 4.69) is 0 Å². The zero-order valence-electron chi connectivity index (χ0n) is 10.7. The van der Waals surface area contributed by atoms with Crippen molar-refractivity contribution >= 4 is 0 Å². The fourth-order valence-corrected chi connectivity index (χ4v) is 1.70. The third kappa shape index (κ3) is 5.20. The van der Waals surface area contributed by atoms with Crippen LogP contribution in [0.15, 0.2) is 0 Å². The van der Waals surface area contributed by atoms with E-state index >= 15 is 0 Å². The summed E-state index contributed by atoms with van der Waals surface area (Å²) in [6, 6.07) is 0. The molecule has 0 N–H and O–H groups in total. The summed E-state index contributed by atoms with van der Waals surface area (Å²) in [5, 5.41) is 0. The van der Waals surface area contributed by atoms with Crippen molar-refractivity contribution in [2.75, 3.05) is 46.2 Å². The molecule has 3 atom stereocenters. The zero-order chi connectivity index (χ0) is 12.2. The minimum Gasteiger partial charge on any atom is -0.378 e. The van der Waals surface area contributed by atoms with E-state index in [-0.39, 0.29) is 6.10 Å². The number of hydrogen-bond acceptors (Lipinski definition) is 5. The average Bonchev–Trinajstić information content (AvgIpc) is 3.23. The van der Waals surface area contributed by atoms with Crippen molar-refractivity contribution in [2.24, 2.45) is 5.92 Å². The molecule has 0 radical (unpaired) electrons. The Morgan fingerprint density at radius 2 is 1.50 bits per heavy atom. The highest BCUT2D eigenvalue weighted by atomic mass is 16.6. The summed E-state index contributed by atoms with van der Waals surface area (Å²) in [5.41, 5.74) is 0. The number of rotatable bonds is 11. The van der Waals surface area contributed by atoms with Gasteiger partial charge < -0.3 is 23.7 Å². The first-order valence-corrected chi connectivity index (χ1v) is 6.90. The van der Waals surface area contributed by atoms with Crippen molar-refractivity contribution in [3.05, 3.63) is 0 Å². The maximum absolute atomic E-state index is 5.75. The molecule has 0 amide bonds. The second-order valence-electron chi connectivity index (χ2n) is 5.38. The van der Waals surface area contributed by atoms with Gasteiger partial charge in [0, 0.05) is 6.61 Å². The minimum absolute atomic E-state index is 0.0201. The lowest BCUT2D eigenvalue weighted by atomic mass is 10.4. The largest absolute Gasteiger partial charge is 0.378 e. The third-order valence-electron chi connectivity index (χ3n) is 3.28. The molecule has 2 aliphatic heterocycles. The van der Waals surface area contributed by atoms with Crippen LogP contribution in [0.3, 0.4) is 0 Å². The molecular formula is C13H22O5. The first-order chi connectivity index (χ1) is 8.90. The van der Waals surface area contributed by atoms with Crippen LogP contribution in [0.2, 0.25) is 0 Å². The fraction of sp³-hybridized carbons (Fsp3) is 1.00. The van der Waals surface area contributed by atoms with E-state index in [1.165, 1.54) is 12.8 Å². The van der Waals surface area contributed by atoms with Gasteiger partial charge in [0.15, 0.2) is 0 Å². The molecule has 0 spiro atoms. The van der Waals surface area contributed by atoms with Gasteiger partial charge in [-0.15, -0.1) is 0 Å². The van der Waals surface area contributed by atoms with Crippen molar-refractivity contribution in [3.63, 3.8) is 0 Å². The van der Waals surface area contributed by atoms with Gasteiger partial charge in [0.2, 0.25) is 0 Å². The third-order valence-corrected chi connectivity index (χ3v) is 3.28. The molecule has 3 aliphatic rings. The smallest absolute Gasteiger partial charge is 0.104 e. The van der Waals surface area contributed by atoms with Gasteiger partial charge in [0.05, 0.1) is 39.6 Å². The van der Waals surface area contributed by atoms with E-state index in [4.69, 9.17) is 23.7 Å². The van der Waals surface area contributed by atoms with Crippen molar-refractivity contribution in [2.45, 2.75) is 31.2 Å². The van der Waals surface area contributed by atoms with Crippen LogP contribution >= 0.6 is 0 Å². The Bertz CT molecular complexity index is 230. The Morgan fingerprint density at radius 3 is 2.11 bits per heavy atom. The van der Waals surface area contributed by atoms with Gasteiger partial charge in [-0.1, -0.05) is 0 Å². The summed E-state index contributed by atoms with van der Waals surface area (Å²) in [6.07, 6.45) is 3.26. The monoisotopic (exact) mass is 258 g/mol. The van der Waals surface area contributed by atoms with Crippen molar-refractivity contribution in [1.82, 2.24) is 0 Å². The molecule has 18 heavy (non-hydrogen) atoms. The first-order valence-electron chi connectivity index (χ1n) is 6.90. The molecule has 3 rings (SSSR count). The predicted octanol–water partition coefficient (Wildman–Crippen LogP) is 0.612. The molecule has 5 heteroatoms. The molecule has 0 bridgehead atoms. The summed E-state index contributed by atoms with van der Waals surface area (Å²) >= 11 is 0. The van der Waals surface area contributed by atoms with E-state index in [0.717, 1.165) is 25.7 Å². The zero-order valence-corrected chi connectivity index (χ0v) is 10.7. The van der Waals surface area contributed by atoms with E-state index < -0.39 is 0 Å². The highest BCUT2D eigenvalue weighted by Gasteiger charge is 2.27. The Kier molecular flexibility index (Phi) is 4.49. The van der Waals surface area contributed by atoms with Crippen LogP contribution < -0.4 is 0 Å². The summed E-state index contributed by atoms with van der Waals surface area (Å²) in [4.78, 5) is 0. The first kappa shape index (κ1) is 12.8. The molecule has 104 valence electrons. The van der Waals surface area contributed by atoms with Crippen LogP contribution in [0.4, 0.5) is 0 Å². The molecule has 0 aromatic heterocycles. The summed E-state index contributed by atoms with van der Waals surface area (Å²) in [6.45, 7) is 5.05. The molecule has 3 fully saturated rings. The second-order valence-corrected chi connectivity index (χ2v) is 5.38. The van der Waals surface area contributed by atoms with Gasteiger partial charge in [0.25, 0.3) is 0 Å². The Balaban J connectivity index is 1.28. The summed E-state index contributed by atoms with van der Waals surface area (Å²) in [7, 11) is 0. The van der Waals surface area contributed by atoms with Gasteiger partial charge in [-0.05, 0) is 18.8 Å². The maximum Gasteiger partial charge on any atom is 0.104 e. The second kappa shape index (κ2) is 6.30. The van der Waals surface area contributed by atoms with Crippen LogP contribution in [-0.2, 0) is 23.7 Å². The van der Waals surface area contributed by atoms with E-state index in [1.807, 2.05) is 0 Å². The molecule has 0 aromatic rings. The number of epoxide rings is 2. The topological polar surface area (TPSA) is 52.8 Å². The lowest BCUT2D eigenvalue weighted by molar-refractivity contribution is -0.0659. The Morgan fingerprint density at radius 1 is 0.889 bits per heavy atom. The van der Waals surface area contributed by atoms with Gasteiger partial charge in [-0.2, -0.15) is 0 Å².